The Hall–Kier alpha value is -2.28. The summed E-state index contributed by atoms with van der Waals surface area (Å²) in [5.41, 5.74) is 0.405. The molecule has 0 saturated carbocycles. The summed E-state index contributed by atoms with van der Waals surface area (Å²) in [6, 6.07) is 4.80. The topological polar surface area (TPSA) is 84.9 Å². The van der Waals surface area contributed by atoms with Gasteiger partial charge in [-0.2, -0.15) is 0 Å². The first-order valence-corrected chi connectivity index (χ1v) is 7.66. The Morgan fingerprint density at radius 2 is 1.96 bits per heavy atom. The molecule has 2 amide bonds. The monoisotopic (exact) mass is 356 g/mol. The van der Waals surface area contributed by atoms with Gasteiger partial charge < -0.3 is 19.7 Å². The van der Waals surface area contributed by atoms with Crippen LogP contribution >= 0.6 is 11.6 Å². The van der Waals surface area contributed by atoms with E-state index in [0.717, 1.165) is 0 Å². The van der Waals surface area contributed by atoms with Gasteiger partial charge in [-0.3, -0.25) is 14.4 Å². The van der Waals surface area contributed by atoms with E-state index in [2.05, 4.69) is 5.32 Å². The fraction of sp³-hybridized carbons (Fsp3) is 0.438. The number of amides is 2. The van der Waals surface area contributed by atoms with Gasteiger partial charge in [-0.05, 0) is 18.2 Å². The standard InChI is InChI=1S/C16H21ClN2O5/c1-10(2)16(22)24-9-15(21)19(3)8-14(20)18-12-7-11(17)5-6-13(12)23-4/h5-7,10H,8-9H2,1-4H3,(H,18,20). The fourth-order valence-corrected chi connectivity index (χ4v) is 1.85. The molecule has 0 aliphatic carbocycles. The predicted octanol–water partition coefficient (Wildman–Crippen LogP) is 1.94. The van der Waals surface area contributed by atoms with Crippen molar-refractivity contribution < 1.29 is 23.9 Å². The second-order valence-electron chi connectivity index (χ2n) is 5.40. The van der Waals surface area contributed by atoms with Crippen LogP contribution in [0.2, 0.25) is 5.02 Å². The summed E-state index contributed by atoms with van der Waals surface area (Å²) in [6.45, 7) is 2.74. The van der Waals surface area contributed by atoms with E-state index in [0.29, 0.717) is 16.5 Å². The van der Waals surface area contributed by atoms with Crippen molar-refractivity contribution in [3.63, 3.8) is 0 Å². The maximum Gasteiger partial charge on any atom is 0.308 e. The zero-order valence-corrected chi connectivity index (χ0v) is 14.8. The number of rotatable bonds is 7. The lowest BCUT2D eigenvalue weighted by Gasteiger charge is -2.18. The molecule has 1 N–H and O–H groups in total. The van der Waals surface area contributed by atoms with Crippen LogP contribution in [0.15, 0.2) is 18.2 Å². The highest BCUT2D eigenvalue weighted by molar-refractivity contribution is 6.31. The molecule has 1 aromatic carbocycles. The number of nitrogens with one attached hydrogen (secondary N) is 1. The van der Waals surface area contributed by atoms with Crippen LogP contribution in [0.5, 0.6) is 5.75 Å². The molecule has 1 aromatic rings. The van der Waals surface area contributed by atoms with Gasteiger partial charge in [0.25, 0.3) is 5.91 Å². The number of carbonyl (C=O) groups is 3. The first-order valence-electron chi connectivity index (χ1n) is 7.28. The molecule has 24 heavy (non-hydrogen) atoms. The molecule has 0 heterocycles. The van der Waals surface area contributed by atoms with Crippen LogP contribution < -0.4 is 10.1 Å². The lowest BCUT2D eigenvalue weighted by Crippen LogP contribution is -2.37. The Balaban J connectivity index is 2.56. The SMILES string of the molecule is COc1ccc(Cl)cc1NC(=O)CN(C)C(=O)COC(=O)C(C)C. The molecule has 0 aliphatic heterocycles. The first kappa shape index (κ1) is 19.8. The molecule has 0 aromatic heterocycles. The van der Waals surface area contributed by atoms with Gasteiger partial charge in [-0.25, -0.2) is 0 Å². The lowest BCUT2D eigenvalue weighted by atomic mass is 10.2. The summed E-state index contributed by atoms with van der Waals surface area (Å²) in [7, 11) is 2.91. The third-order valence-corrected chi connectivity index (χ3v) is 3.29. The highest BCUT2D eigenvalue weighted by atomic mass is 35.5. The molecule has 0 aliphatic rings. The van der Waals surface area contributed by atoms with Crippen LogP contribution in [0.3, 0.4) is 0 Å². The van der Waals surface area contributed by atoms with Gasteiger partial charge in [-0.15, -0.1) is 0 Å². The van der Waals surface area contributed by atoms with Gasteiger partial charge in [0, 0.05) is 12.1 Å². The molecule has 132 valence electrons. The smallest absolute Gasteiger partial charge is 0.308 e. The molecule has 8 heteroatoms. The Bertz CT molecular complexity index is 618. The summed E-state index contributed by atoms with van der Waals surface area (Å²) < 4.78 is 9.97. The number of benzene rings is 1. The van der Waals surface area contributed by atoms with Crippen LogP contribution in [-0.2, 0) is 19.1 Å². The maximum absolute atomic E-state index is 12.0. The zero-order valence-electron chi connectivity index (χ0n) is 14.1. The molecule has 0 saturated heterocycles. The molecule has 1 rings (SSSR count). The summed E-state index contributed by atoms with van der Waals surface area (Å²) in [6.07, 6.45) is 0. The average molecular weight is 357 g/mol. The van der Waals surface area contributed by atoms with E-state index in [-0.39, 0.29) is 12.5 Å². The Labute approximate surface area is 145 Å². The number of nitrogens with zero attached hydrogens (tertiary/aromatic N) is 1. The van der Waals surface area contributed by atoms with Crippen LogP contribution in [0, 0.1) is 5.92 Å². The van der Waals surface area contributed by atoms with Crippen molar-refractivity contribution in [1.29, 1.82) is 0 Å². The molecule has 0 bridgehead atoms. The molecule has 0 spiro atoms. The number of halogens is 1. The van der Waals surface area contributed by atoms with Gasteiger partial charge >= 0.3 is 5.97 Å². The number of carbonyl (C=O) groups excluding carboxylic acids is 3. The number of esters is 1. The van der Waals surface area contributed by atoms with E-state index < -0.39 is 24.4 Å². The molecular formula is C16H21ClN2O5. The van der Waals surface area contributed by atoms with Gasteiger partial charge in [0.15, 0.2) is 6.61 Å². The fourth-order valence-electron chi connectivity index (χ4n) is 1.68. The van der Waals surface area contributed by atoms with Crippen LogP contribution in [0.4, 0.5) is 5.69 Å². The molecule has 0 fully saturated rings. The highest BCUT2D eigenvalue weighted by Gasteiger charge is 2.17. The Morgan fingerprint density at radius 1 is 1.29 bits per heavy atom. The van der Waals surface area contributed by atoms with Crippen molar-refractivity contribution in [2.45, 2.75) is 13.8 Å². The number of methoxy groups -OCH3 is 1. The largest absolute Gasteiger partial charge is 0.495 e. The van der Waals surface area contributed by atoms with Gasteiger partial charge in [-0.1, -0.05) is 25.4 Å². The maximum atomic E-state index is 12.0. The normalized spacial score (nSPS) is 10.2. The van der Waals surface area contributed by atoms with E-state index in [1.807, 2.05) is 0 Å². The summed E-state index contributed by atoms with van der Waals surface area (Å²) in [5.74, 6) is -1.24. The second kappa shape index (κ2) is 9.12. The quantitative estimate of drug-likeness (QED) is 0.755. The molecule has 7 nitrogen and oxygen atoms in total. The molecule has 0 radical (unpaired) electrons. The number of likely N-dealkylation sites (N-methyl/N-ethyl adjacent to an activating group) is 1. The predicted molar refractivity (Wildman–Crippen MR) is 90.1 cm³/mol. The summed E-state index contributed by atoms with van der Waals surface area (Å²) >= 11 is 5.89. The Kier molecular flexibility index (Phi) is 7.51. The van der Waals surface area contributed by atoms with Crippen LogP contribution in [0.25, 0.3) is 0 Å². The minimum atomic E-state index is -0.475. The number of ether oxygens (including phenoxy) is 2. The minimum Gasteiger partial charge on any atom is -0.495 e. The number of hydrogen-bond donors (Lipinski definition) is 1. The van der Waals surface area contributed by atoms with Crippen molar-refractivity contribution in [2.75, 3.05) is 32.6 Å². The van der Waals surface area contributed by atoms with Gasteiger partial charge in [0.05, 0.1) is 25.3 Å². The number of hydrogen-bond acceptors (Lipinski definition) is 5. The van der Waals surface area contributed by atoms with Crippen molar-refractivity contribution >= 4 is 35.1 Å². The third kappa shape index (κ3) is 6.08. The van der Waals surface area contributed by atoms with E-state index in [4.69, 9.17) is 21.1 Å². The first-order chi connectivity index (χ1) is 11.2. The number of anilines is 1. The van der Waals surface area contributed by atoms with Crippen LogP contribution in [-0.4, -0.2) is 50.0 Å². The minimum absolute atomic E-state index is 0.201. The van der Waals surface area contributed by atoms with Gasteiger partial charge in [0.1, 0.15) is 5.75 Å². The van der Waals surface area contributed by atoms with E-state index >= 15 is 0 Å². The average Bonchev–Trinajstić information content (AvgIpc) is 2.52. The van der Waals surface area contributed by atoms with Crippen molar-refractivity contribution in [3.8, 4) is 5.75 Å². The molecule has 0 atom stereocenters. The zero-order chi connectivity index (χ0) is 18.3. The molecule has 0 unspecified atom stereocenters. The van der Waals surface area contributed by atoms with Crippen molar-refractivity contribution in [2.24, 2.45) is 5.92 Å². The second-order valence-corrected chi connectivity index (χ2v) is 5.84. The van der Waals surface area contributed by atoms with Crippen molar-refractivity contribution in [3.05, 3.63) is 23.2 Å². The van der Waals surface area contributed by atoms with E-state index in [1.165, 1.54) is 19.1 Å². The van der Waals surface area contributed by atoms with E-state index in [1.54, 1.807) is 32.0 Å². The van der Waals surface area contributed by atoms with Gasteiger partial charge in [0.2, 0.25) is 5.91 Å². The summed E-state index contributed by atoms with van der Waals surface area (Å²) in [4.78, 5) is 36.4. The lowest BCUT2D eigenvalue weighted by molar-refractivity contribution is -0.154. The van der Waals surface area contributed by atoms with Crippen molar-refractivity contribution in [1.82, 2.24) is 4.90 Å². The third-order valence-electron chi connectivity index (χ3n) is 3.05. The Morgan fingerprint density at radius 3 is 2.54 bits per heavy atom. The summed E-state index contributed by atoms with van der Waals surface area (Å²) in [5, 5.41) is 3.06. The van der Waals surface area contributed by atoms with E-state index in [9.17, 15) is 14.4 Å². The van der Waals surface area contributed by atoms with Crippen LogP contribution in [0.1, 0.15) is 13.8 Å². The highest BCUT2D eigenvalue weighted by Crippen LogP contribution is 2.27. The molecular weight excluding hydrogens is 336 g/mol.